The Bertz CT molecular complexity index is 557. The molecular formula is C14H15F4NO2. The zero-order valence-corrected chi connectivity index (χ0v) is 11.4. The summed E-state index contributed by atoms with van der Waals surface area (Å²) in [6.45, 7) is 1.14. The number of benzene rings is 1. The molecule has 116 valence electrons. The summed E-state index contributed by atoms with van der Waals surface area (Å²) in [5, 5.41) is 9.54. The van der Waals surface area contributed by atoms with Crippen LogP contribution in [0.15, 0.2) is 12.1 Å². The van der Waals surface area contributed by atoms with Gasteiger partial charge in [-0.25, -0.2) is 4.39 Å². The van der Waals surface area contributed by atoms with Crippen molar-refractivity contribution in [2.45, 2.75) is 25.9 Å². The number of aryl methyl sites for hydroxylation is 1. The minimum atomic E-state index is -4.37. The molecule has 2 rings (SSSR count). The van der Waals surface area contributed by atoms with Gasteiger partial charge >= 0.3 is 6.18 Å². The van der Waals surface area contributed by atoms with E-state index < -0.39 is 35.9 Å². The molecule has 0 radical (unpaired) electrons. The van der Waals surface area contributed by atoms with Crippen molar-refractivity contribution in [1.82, 2.24) is 4.90 Å². The van der Waals surface area contributed by atoms with E-state index in [-0.39, 0.29) is 30.7 Å². The molecule has 1 aromatic carbocycles. The molecule has 1 aromatic rings. The topological polar surface area (TPSA) is 40.5 Å². The highest BCUT2D eigenvalue weighted by Crippen LogP contribution is 2.34. The molecular weight excluding hydrogens is 290 g/mol. The van der Waals surface area contributed by atoms with E-state index in [4.69, 9.17) is 0 Å². The molecule has 0 spiro atoms. The number of rotatable bonds is 1. The van der Waals surface area contributed by atoms with Crippen molar-refractivity contribution in [3.05, 3.63) is 29.1 Å². The molecule has 0 saturated carbocycles. The highest BCUT2D eigenvalue weighted by Gasteiger charge is 2.43. The first-order valence-electron chi connectivity index (χ1n) is 6.55. The van der Waals surface area contributed by atoms with Crippen molar-refractivity contribution in [2.75, 3.05) is 13.1 Å². The van der Waals surface area contributed by atoms with Crippen molar-refractivity contribution in [3.63, 3.8) is 0 Å². The van der Waals surface area contributed by atoms with Gasteiger partial charge in [0, 0.05) is 13.1 Å². The number of alkyl halides is 3. The van der Waals surface area contributed by atoms with Gasteiger partial charge in [-0.05, 0) is 37.5 Å². The van der Waals surface area contributed by atoms with Crippen LogP contribution in [0.1, 0.15) is 28.8 Å². The fourth-order valence-electron chi connectivity index (χ4n) is 2.42. The molecule has 1 aliphatic heterocycles. The molecule has 0 bridgehead atoms. The summed E-state index contributed by atoms with van der Waals surface area (Å²) in [6.07, 6.45) is -4.18. The highest BCUT2D eigenvalue weighted by molar-refractivity contribution is 5.95. The number of aromatic hydroxyl groups is 1. The minimum absolute atomic E-state index is 0.0328. The van der Waals surface area contributed by atoms with Gasteiger partial charge in [0.1, 0.15) is 11.6 Å². The summed E-state index contributed by atoms with van der Waals surface area (Å²) < 4.78 is 52.0. The van der Waals surface area contributed by atoms with Gasteiger partial charge in [0.05, 0.1) is 11.5 Å². The lowest BCUT2D eigenvalue weighted by Crippen LogP contribution is -2.44. The molecule has 1 heterocycles. The molecule has 21 heavy (non-hydrogen) atoms. The highest BCUT2D eigenvalue weighted by atomic mass is 19.4. The number of amides is 1. The minimum Gasteiger partial charge on any atom is -0.508 e. The molecule has 1 saturated heterocycles. The van der Waals surface area contributed by atoms with Crippen molar-refractivity contribution < 1.29 is 27.5 Å². The van der Waals surface area contributed by atoms with E-state index in [1.807, 2.05) is 0 Å². The Kier molecular flexibility index (Phi) is 4.11. The van der Waals surface area contributed by atoms with Gasteiger partial charge in [-0.1, -0.05) is 0 Å². The maximum Gasteiger partial charge on any atom is 0.393 e. The number of carbonyl (C=O) groups excluding carboxylic acids is 1. The average molecular weight is 305 g/mol. The third-order valence-electron chi connectivity index (χ3n) is 3.69. The molecule has 1 N–H and O–H groups in total. The predicted octanol–water partition coefficient (Wildman–Crippen LogP) is 3.25. The number of phenolic OH excluding ortho intramolecular Hbond substituents is 1. The summed E-state index contributed by atoms with van der Waals surface area (Å²) in [7, 11) is 0. The van der Waals surface area contributed by atoms with Crippen molar-refractivity contribution in [2.24, 2.45) is 5.92 Å². The summed E-state index contributed by atoms with van der Waals surface area (Å²) in [5.74, 6) is -3.51. The standard InChI is InChI=1S/C14H15F4NO2/c1-8-5-11(15)10(6-12(8)20)13(21)19-4-2-3-9(7-19)14(16,17)18/h5-6,9,20H,2-4,7H2,1H3. The van der Waals surface area contributed by atoms with Crippen LogP contribution in [0.3, 0.4) is 0 Å². The largest absolute Gasteiger partial charge is 0.508 e. The number of piperidine rings is 1. The van der Waals surface area contributed by atoms with Gasteiger partial charge in [-0.3, -0.25) is 4.79 Å². The number of nitrogens with zero attached hydrogens (tertiary/aromatic N) is 1. The van der Waals surface area contributed by atoms with Crippen molar-refractivity contribution >= 4 is 5.91 Å². The Labute approximate surface area is 119 Å². The molecule has 1 atom stereocenters. The second-order valence-electron chi connectivity index (χ2n) is 5.25. The fourth-order valence-corrected chi connectivity index (χ4v) is 2.42. The van der Waals surface area contributed by atoms with Gasteiger partial charge < -0.3 is 10.0 Å². The predicted molar refractivity (Wildman–Crippen MR) is 67.5 cm³/mol. The van der Waals surface area contributed by atoms with Crippen LogP contribution in [0, 0.1) is 18.7 Å². The number of phenols is 1. The van der Waals surface area contributed by atoms with Crippen LogP contribution in [0.2, 0.25) is 0 Å². The Balaban J connectivity index is 2.22. The molecule has 1 fully saturated rings. The van der Waals surface area contributed by atoms with E-state index in [0.29, 0.717) is 0 Å². The van der Waals surface area contributed by atoms with Crippen LogP contribution in [-0.2, 0) is 0 Å². The molecule has 0 aliphatic carbocycles. The first-order chi connectivity index (χ1) is 9.70. The molecule has 1 aliphatic rings. The lowest BCUT2D eigenvalue weighted by atomic mass is 9.96. The average Bonchev–Trinajstić information content (AvgIpc) is 2.41. The van der Waals surface area contributed by atoms with Crippen LogP contribution in [-0.4, -0.2) is 35.2 Å². The normalized spacial score (nSPS) is 19.7. The Hall–Kier alpha value is -1.79. The maximum absolute atomic E-state index is 13.8. The van der Waals surface area contributed by atoms with Gasteiger partial charge in [0.2, 0.25) is 0 Å². The third kappa shape index (κ3) is 3.28. The van der Waals surface area contributed by atoms with E-state index in [2.05, 4.69) is 0 Å². The second kappa shape index (κ2) is 5.54. The Morgan fingerprint density at radius 1 is 1.38 bits per heavy atom. The van der Waals surface area contributed by atoms with E-state index in [1.54, 1.807) is 0 Å². The lowest BCUT2D eigenvalue weighted by molar-refractivity contribution is -0.184. The first-order valence-corrected chi connectivity index (χ1v) is 6.55. The molecule has 3 nitrogen and oxygen atoms in total. The summed E-state index contributed by atoms with van der Waals surface area (Å²) in [6, 6.07) is 1.96. The Morgan fingerprint density at radius 3 is 2.67 bits per heavy atom. The van der Waals surface area contributed by atoms with Gasteiger partial charge in [0.15, 0.2) is 0 Å². The van der Waals surface area contributed by atoms with Gasteiger partial charge in [0.25, 0.3) is 5.91 Å². The monoisotopic (exact) mass is 305 g/mol. The lowest BCUT2D eigenvalue weighted by Gasteiger charge is -2.33. The second-order valence-corrected chi connectivity index (χ2v) is 5.25. The van der Waals surface area contributed by atoms with Gasteiger partial charge in [-0.2, -0.15) is 13.2 Å². The fraction of sp³-hybridized carbons (Fsp3) is 0.500. The molecule has 1 unspecified atom stereocenters. The summed E-state index contributed by atoms with van der Waals surface area (Å²) >= 11 is 0. The van der Waals surface area contributed by atoms with Crippen LogP contribution in [0.5, 0.6) is 5.75 Å². The van der Waals surface area contributed by atoms with E-state index in [0.717, 1.165) is 17.0 Å². The van der Waals surface area contributed by atoms with Crippen LogP contribution < -0.4 is 0 Å². The summed E-state index contributed by atoms with van der Waals surface area (Å²) in [5.41, 5.74) is -0.142. The first kappa shape index (κ1) is 15.6. The molecule has 0 aromatic heterocycles. The SMILES string of the molecule is Cc1cc(F)c(C(=O)N2CCCC(C(F)(F)F)C2)cc1O. The number of likely N-dealkylation sites (tertiary alicyclic amines) is 1. The van der Waals surface area contributed by atoms with Crippen LogP contribution in [0.4, 0.5) is 17.6 Å². The van der Waals surface area contributed by atoms with E-state index >= 15 is 0 Å². The third-order valence-corrected chi connectivity index (χ3v) is 3.69. The Morgan fingerprint density at radius 2 is 2.05 bits per heavy atom. The van der Waals surface area contributed by atoms with E-state index in [9.17, 15) is 27.5 Å². The quantitative estimate of drug-likeness (QED) is 0.809. The zero-order chi connectivity index (χ0) is 15.8. The molecule has 1 amide bonds. The maximum atomic E-state index is 13.8. The van der Waals surface area contributed by atoms with Crippen LogP contribution >= 0.6 is 0 Å². The van der Waals surface area contributed by atoms with Gasteiger partial charge in [-0.15, -0.1) is 0 Å². The molecule has 7 heteroatoms. The smallest absolute Gasteiger partial charge is 0.393 e. The van der Waals surface area contributed by atoms with Crippen molar-refractivity contribution in [3.8, 4) is 5.75 Å². The summed E-state index contributed by atoms with van der Waals surface area (Å²) in [4.78, 5) is 13.2. The number of hydrogen-bond acceptors (Lipinski definition) is 2. The van der Waals surface area contributed by atoms with E-state index in [1.165, 1.54) is 6.92 Å². The number of hydrogen-bond donors (Lipinski definition) is 1. The number of carbonyl (C=O) groups is 1. The van der Waals surface area contributed by atoms with Crippen molar-refractivity contribution in [1.29, 1.82) is 0 Å². The van der Waals surface area contributed by atoms with Crippen LogP contribution in [0.25, 0.3) is 0 Å². The zero-order valence-electron chi connectivity index (χ0n) is 11.4. The number of halogens is 4.